The molecule has 0 amide bonds. The highest BCUT2D eigenvalue weighted by Crippen LogP contribution is 2.36. The quantitative estimate of drug-likeness (QED) is 0.606. The third-order valence-electron chi connectivity index (χ3n) is 4.26. The van der Waals surface area contributed by atoms with Crippen LogP contribution in [0.15, 0.2) is 48.5 Å². The molecule has 130 valence electrons. The number of carbonyl (C=O) groups is 1. The van der Waals surface area contributed by atoms with E-state index in [9.17, 15) is 4.79 Å². The Morgan fingerprint density at radius 1 is 1.20 bits per heavy atom. The number of hydrogen-bond donors (Lipinski definition) is 3. The maximum Gasteiger partial charge on any atom is 0.321 e. The average molecular weight is 354 g/mol. The molecule has 2 aromatic carbocycles. The minimum absolute atomic E-state index is 0.259. The van der Waals surface area contributed by atoms with Gasteiger partial charge in [-0.25, -0.2) is 0 Å². The van der Waals surface area contributed by atoms with Gasteiger partial charge in [-0.05, 0) is 34.6 Å². The molecule has 4 N–H and O–H groups in total. The maximum absolute atomic E-state index is 10.8. The number of aliphatic carboxylic acids is 1. The summed E-state index contributed by atoms with van der Waals surface area (Å²) in [6, 6.07) is 16.2. The predicted octanol–water partition coefficient (Wildman–Crippen LogP) is 3.63. The summed E-state index contributed by atoms with van der Waals surface area (Å²) in [5.74, 6) is -0.984. The van der Waals surface area contributed by atoms with Gasteiger partial charge >= 0.3 is 5.97 Å². The molecule has 0 aliphatic heterocycles. The monoisotopic (exact) mass is 354 g/mol. The Morgan fingerprint density at radius 2 is 1.96 bits per heavy atom. The highest BCUT2D eigenvalue weighted by atomic mass is 32.1. The zero-order valence-electron chi connectivity index (χ0n) is 14.2. The van der Waals surface area contributed by atoms with E-state index < -0.39 is 12.0 Å². The lowest BCUT2D eigenvalue weighted by Crippen LogP contribution is -2.39. The van der Waals surface area contributed by atoms with Crippen molar-refractivity contribution < 1.29 is 9.90 Å². The molecule has 0 aliphatic rings. The van der Waals surface area contributed by atoms with Gasteiger partial charge in [-0.15, -0.1) is 11.3 Å². The van der Waals surface area contributed by atoms with E-state index >= 15 is 0 Å². The number of rotatable bonds is 7. The van der Waals surface area contributed by atoms with Crippen LogP contribution in [0.4, 0.5) is 0 Å². The number of fused-ring (bicyclic) bond motifs is 1. The van der Waals surface area contributed by atoms with Gasteiger partial charge in [-0.2, -0.15) is 0 Å². The molecule has 1 aromatic heterocycles. The summed E-state index contributed by atoms with van der Waals surface area (Å²) in [5, 5.41) is 13.2. The number of nitrogens with two attached hydrogens (primary N) is 1. The first-order chi connectivity index (χ1) is 12.1. The Balaban J connectivity index is 1.87. The van der Waals surface area contributed by atoms with E-state index in [1.807, 2.05) is 0 Å². The lowest BCUT2D eigenvalue weighted by atomic mass is 9.97. The molecular weight excluding hydrogens is 332 g/mol. The predicted molar refractivity (Wildman–Crippen MR) is 104 cm³/mol. The van der Waals surface area contributed by atoms with Crippen molar-refractivity contribution in [2.45, 2.75) is 25.9 Å². The van der Waals surface area contributed by atoms with Gasteiger partial charge in [0, 0.05) is 22.7 Å². The summed E-state index contributed by atoms with van der Waals surface area (Å²) in [6.07, 6.45) is 0.999. The second-order valence-electron chi connectivity index (χ2n) is 6.02. The number of carboxylic acids is 1. The maximum atomic E-state index is 10.8. The van der Waals surface area contributed by atoms with Crippen LogP contribution in [0.3, 0.4) is 0 Å². The van der Waals surface area contributed by atoms with Crippen molar-refractivity contribution in [3.63, 3.8) is 0 Å². The van der Waals surface area contributed by atoms with E-state index in [0.717, 1.165) is 6.42 Å². The second kappa shape index (κ2) is 7.78. The minimum atomic E-state index is -0.984. The molecule has 0 fully saturated rings. The highest BCUT2D eigenvalue weighted by molar-refractivity contribution is 7.19. The minimum Gasteiger partial charge on any atom is -0.480 e. The van der Waals surface area contributed by atoms with Crippen LogP contribution in [0.5, 0.6) is 0 Å². The summed E-state index contributed by atoms with van der Waals surface area (Å²) in [4.78, 5) is 12.0. The number of thiophene rings is 1. The first-order valence-corrected chi connectivity index (χ1v) is 9.20. The van der Waals surface area contributed by atoms with Crippen LogP contribution < -0.4 is 11.1 Å². The molecule has 0 aliphatic carbocycles. The molecule has 0 saturated carbocycles. The number of nitrogens with one attached hydrogen (secondary N) is 1. The first-order valence-electron chi connectivity index (χ1n) is 8.39. The molecule has 0 bridgehead atoms. The molecular formula is C20H22N2O2S. The van der Waals surface area contributed by atoms with Gasteiger partial charge < -0.3 is 16.2 Å². The van der Waals surface area contributed by atoms with Crippen LogP contribution in [0.2, 0.25) is 0 Å². The van der Waals surface area contributed by atoms with Gasteiger partial charge in [0.2, 0.25) is 0 Å². The van der Waals surface area contributed by atoms with Crippen LogP contribution >= 0.6 is 11.3 Å². The highest BCUT2D eigenvalue weighted by Gasteiger charge is 2.12. The van der Waals surface area contributed by atoms with Gasteiger partial charge in [0.15, 0.2) is 0 Å². The molecule has 5 heteroatoms. The largest absolute Gasteiger partial charge is 0.480 e. The number of aryl methyl sites for hydroxylation is 1. The Hall–Kier alpha value is -2.21. The van der Waals surface area contributed by atoms with Crippen molar-refractivity contribution in [1.82, 2.24) is 5.32 Å². The Morgan fingerprint density at radius 3 is 2.72 bits per heavy atom. The topological polar surface area (TPSA) is 75.3 Å². The van der Waals surface area contributed by atoms with Crippen molar-refractivity contribution >= 4 is 27.4 Å². The normalized spacial score (nSPS) is 12.4. The van der Waals surface area contributed by atoms with Crippen molar-refractivity contribution in [1.29, 1.82) is 0 Å². The molecule has 25 heavy (non-hydrogen) atoms. The van der Waals surface area contributed by atoms with E-state index in [2.05, 4.69) is 60.8 Å². The summed E-state index contributed by atoms with van der Waals surface area (Å²) in [7, 11) is 0. The number of benzene rings is 2. The number of hydrogen-bond acceptors (Lipinski definition) is 4. The summed E-state index contributed by atoms with van der Waals surface area (Å²) in [5.41, 5.74) is 9.41. The van der Waals surface area contributed by atoms with Crippen molar-refractivity contribution in [3.8, 4) is 11.1 Å². The smallest absolute Gasteiger partial charge is 0.321 e. The molecule has 1 unspecified atom stereocenters. The Bertz CT molecular complexity index is 888. The van der Waals surface area contributed by atoms with Gasteiger partial charge in [-0.1, -0.05) is 49.4 Å². The Kier molecular flexibility index (Phi) is 5.48. The van der Waals surface area contributed by atoms with Gasteiger partial charge in [-0.3, -0.25) is 4.79 Å². The van der Waals surface area contributed by atoms with Crippen molar-refractivity contribution in [2.75, 3.05) is 6.54 Å². The molecule has 4 nitrogen and oxygen atoms in total. The van der Waals surface area contributed by atoms with E-state index in [0.29, 0.717) is 6.54 Å². The summed E-state index contributed by atoms with van der Waals surface area (Å²) < 4.78 is 1.27. The lowest BCUT2D eigenvalue weighted by molar-refractivity contribution is -0.138. The molecule has 3 aromatic rings. The standard InChI is InChI=1S/C20H22N2O2S/c1-2-13-6-3-4-8-16(13)17-9-5-7-14-10-15(25-19(14)17)11-22-12-18(21)20(23)24/h3-10,18,22H,2,11-12,21H2,1H3,(H,23,24). The van der Waals surface area contributed by atoms with Crippen LogP contribution in [0.25, 0.3) is 21.2 Å². The SMILES string of the molecule is CCc1ccccc1-c1cccc2cc(CNCC(N)C(=O)O)sc12. The molecule has 0 spiro atoms. The molecule has 3 rings (SSSR count). The molecule has 0 radical (unpaired) electrons. The van der Waals surface area contributed by atoms with Gasteiger partial charge in [0.25, 0.3) is 0 Å². The molecule has 1 atom stereocenters. The third-order valence-corrected chi connectivity index (χ3v) is 5.45. The van der Waals surface area contributed by atoms with Crippen LogP contribution in [0, 0.1) is 0 Å². The first kappa shape index (κ1) is 17.6. The fraction of sp³-hybridized carbons (Fsp3) is 0.250. The fourth-order valence-corrected chi connectivity index (χ4v) is 4.10. The van der Waals surface area contributed by atoms with E-state index in [1.165, 1.54) is 31.7 Å². The van der Waals surface area contributed by atoms with E-state index in [1.54, 1.807) is 11.3 Å². The van der Waals surface area contributed by atoms with Gasteiger partial charge in [0.1, 0.15) is 6.04 Å². The van der Waals surface area contributed by atoms with Crippen molar-refractivity contribution in [3.05, 3.63) is 59.0 Å². The van der Waals surface area contributed by atoms with Crippen molar-refractivity contribution in [2.24, 2.45) is 5.73 Å². The van der Waals surface area contributed by atoms with Gasteiger partial charge in [0.05, 0.1) is 0 Å². The summed E-state index contributed by atoms with van der Waals surface area (Å²) in [6.45, 7) is 3.05. The molecule has 1 heterocycles. The lowest BCUT2D eigenvalue weighted by Gasteiger charge is -2.09. The number of carboxylic acid groups (broad SMARTS) is 1. The zero-order chi connectivity index (χ0) is 17.8. The van der Waals surface area contributed by atoms with Crippen LogP contribution in [-0.2, 0) is 17.8 Å². The Labute approximate surface area is 151 Å². The van der Waals surface area contributed by atoms with Crippen LogP contribution in [-0.4, -0.2) is 23.7 Å². The van der Waals surface area contributed by atoms with Crippen LogP contribution in [0.1, 0.15) is 17.4 Å². The average Bonchev–Trinajstić information content (AvgIpc) is 3.04. The van der Waals surface area contributed by atoms with E-state index in [4.69, 9.17) is 10.8 Å². The molecule has 0 saturated heterocycles. The zero-order valence-corrected chi connectivity index (χ0v) is 15.0. The summed E-state index contributed by atoms with van der Waals surface area (Å²) >= 11 is 1.75. The van der Waals surface area contributed by atoms with E-state index in [-0.39, 0.29) is 6.54 Å². The fourth-order valence-electron chi connectivity index (χ4n) is 2.95. The third kappa shape index (κ3) is 3.90. The second-order valence-corrected chi connectivity index (χ2v) is 7.16.